The number of nitrogens with one attached hydrogen (secondary N) is 1. The van der Waals surface area contributed by atoms with Crippen molar-refractivity contribution in [1.82, 2.24) is 15.1 Å². The first-order valence-electron chi connectivity index (χ1n) is 7.11. The maximum Gasteiger partial charge on any atom is 0.267 e. The normalized spacial score (nSPS) is 11.8. The zero-order valence-electron chi connectivity index (χ0n) is 12.9. The molecule has 0 spiro atoms. The summed E-state index contributed by atoms with van der Waals surface area (Å²) in [6, 6.07) is 9.82. The van der Waals surface area contributed by atoms with Crippen LogP contribution in [0.15, 0.2) is 41.2 Å². The van der Waals surface area contributed by atoms with Gasteiger partial charge in [0.25, 0.3) is 5.56 Å². The van der Waals surface area contributed by atoms with E-state index in [0.29, 0.717) is 12.3 Å². The van der Waals surface area contributed by atoms with Crippen LogP contribution in [0.25, 0.3) is 11.3 Å². The highest BCUT2D eigenvalue weighted by molar-refractivity contribution is 5.79. The van der Waals surface area contributed by atoms with E-state index < -0.39 is 6.04 Å². The van der Waals surface area contributed by atoms with E-state index in [-0.39, 0.29) is 11.5 Å². The molecular weight excluding hydrogens is 282 g/mol. The molecule has 116 valence electrons. The fraction of sp³-hybridized carbons (Fsp3) is 0.312. The number of rotatable bonds is 5. The molecule has 0 saturated heterocycles. The lowest BCUT2D eigenvalue weighted by molar-refractivity contribution is -0.123. The van der Waals surface area contributed by atoms with E-state index in [1.807, 2.05) is 31.2 Å². The highest BCUT2D eigenvalue weighted by atomic mass is 16.5. The molecule has 1 unspecified atom stereocenters. The predicted molar refractivity (Wildman–Crippen MR) is 83.9 cm³/mol. The number of hydrogen-bond donors (Lipinski definition) is 1. The van der Waals surface area contributed by atoms with Crippen molar-refractivity contribution in [1.29, 1.82) is 0 Å². The van der Waals surface area contributed by atoms with Gasteiger partial charge in [0.05, 0.1) is 12.3 Å². The van der Waals surface area contributed by atoms with E-state index in [4.69, 9.17) is 4.74 Å². The van der Waals surface area contributed by atoms with Crippen molar-refractivity contribution >= 4 is 5.91 Å². The van der Waals surface area contributed by atoms with Crippen LogP contribution < -0.4 is 15.6 Å². The molecule has 0 fully saturated rings. The SMILES string of the molecule is CCOc1ccc(-c2ccc(=O)n(C(C)C(=O)NC)n2)cc1. The summed E-state index contributed by atoms with van der Waals surface area (Å²) in [5.74, 6) is 0.511. The van der Waals surface area contributed by atoms with Crippen LogP contribution >= 0.6 is 0 Å². The summed E-state index contributed by atoms with van der Waals surface area (Å²) in [7, 11) is 1.53. The molecule has 22 heavy (non-hydrogen) atoms. The number of ether oxygens (including phenoxy) is 1. The van der Waals surface area contributed by atoms with Gasteiger partial charge in [-0.25, -0.2) is 4.68 Å². The molecule has 0 aliphatic heterocycles. The fourth-order valence-electron chi connectivity index (χ4n) is 2.07. The van der Waals surface area contributed by atoms with E-state index >= 15 is 0 Å². The van der Waals surface area contributed by atoms with Crippen molar-refractivity contribution in [3.8, 4) is 17.0 Å². The monoisotopic (exact) mass is 301 g/mol. The van der Waals surface area contributed by atoms with Gasteiger partial charge in [-0.1, -0.05) is 0 Å². The summed E-state index contributed by atoms with van der Waals surface area (Å²) in [4.78, 5) is 23.6. The van der Waals surface area contributed by atoms with Gasteiger partial charge in [-0.15, -0.1) is 0 Å². The van der Waals surface area contributed by atoms with E-state index in [0.717, 1.165) is 11.3 Å². The van der Waals surface area contributed by atoms with Crippen molar-refractivity contribution in [3.05, 3.63) is 46.8 Å². The summed E-state index contributed by atoms with van der Waals surface area (Å²) in [6.45, 7) is 4.16. The second-order valence-electron chi connectivity index (χ2n) is 4.75. The second-order valence-corrected chi connectivity index (χ2v) is 4.75. The summed E-state index contributed by atoms with van der Waals surface area (Å²) < 4.78 is 6.58. The van der Waals surface area contributed by atoms with E-state index in [1.165, 1.54) is 17.8 Å². The van der Waals surface area contributed by atoms with Gasteiger partial charge in [-0.2, -0.15) is 5.10 Å². The van der Waals surface area contributed by atoms with E-state index in [1.54, 1.807) is 13.0 Å². The minimum atomic E-state index is -0.667. The Kier molecular flexibility index (Phi) is 4.93. The number of hydrogen-bond acceptors (Lipinski definition) is 4. The Morgan fingerprint density at radius 1 is 1.27 bits per heavy atom. The quantitative estimate of drug-likeness (QED) is 0.910. The highest BCUT2D eigenvalue weighted by Crippen LogP contribution is 2.20. The Morgan fingerprint density at radius 2 is 1.95 bits per heavy atom. The van der Waals surface area contributed by atoms with Crippen molar-refractivity contribution in [2.75, 3.05) is 13.7 Å². The van der Waals surface area contributed by atoms with Crippen molar-refractivity contribution in [2.45, 2.75) is 19.9 Å². The zero-order valence-corrected chi connectivity index (χ0v) is 12.9. The van der Waals surface area contributed by atoms with E-state index in [9.17, 15) is 9.59 Å². The Labute approximate surface area is 128 Å². The average molecular weight is 301 g/mol. The van der Waals surface area contributed by atoms with Gasteiger partial charge in [0.15, 0.2) is 0 Å². The molecule has 0 aliphatic carbocycles. The molecule has 0 aliphatic rings. The minimum Gasteiger partial charge on any atom is -0.494 e. The standard InChI is InChI=1S/C16H19N3O3/c1-4-22-13-7-5-12(6-8-13)14-9-10-15(20)19(18-14)11(2)16(21)17-3/h5-11H,4H2,1-3H3,(H,17,21). The molecular formula is C16H19N3O3. The Hall–Kier alpha value is -2.63. The minimum absolute atomic E-state index is 0.265. The molecule has 2 rings (SSSR count). The summed E-state index contributed by atoms with van der Waals surface area (Å²) in [6.07, 6.45) is 0. The first-order valence-corrected chi connectivity index (χ1v) is 7.11. The Balaban J connectivity index is 2.36. The van der Waals surface area contributed by atoms with Crippen LogP contribution in [0.3, 0.4) is 0 Å². The number of benzene rings is 1. The first kappa shape index (κ1) is 15.8. The van der Waals surface area contributed by atoms with Crippen LogP contribution in [0.1, 0.15) is 19.9 Å². The first-order chi connectivity index (χ1) is 10.6. The smallest absolute Gasteiger partial charge is 0.267 e. The number of nitrogens with zero attached hydrogens (tertiary/aromatic N) is 2. The summed E-state index contributed by atoms with van der Waals surface area (Å²) >= 11 is 0. The van der Waals surface area contributed by atoms with Crippen molar-refractivity contribution in [2.24, 2.45) is 0 Å². The molecule has 1 heterocycles. The van der Waals surface area contributed by atoms with Crippen LogP contribution in [-0.2, 0) is 4.79 Å². The number of carbonyl (C=O) groups is 1. The maximum absolute atomic E-state index is 11.9. The van der Waals surface area contributed by atoms with Gasteiger partial charge in [-0.3, -0.25) is 9.59 Å². The molecule has 1 amide bonds. The Morgan fingerprint density at radius 3 is 2.55 bits per heavy atom. The Bertz CT molecular complexity index is 707. The molecule has 0 saturated carbocycles. The van der Waals surface area contributed by atoms with Gasteiger partial charge in [0, 0.05) is 18.7 Å². The lowest BCUT2D eigenvalue weighted by atomic mass is 10.1. The number of carbonyl (C=O) groups excluding carboxylic acids is 1. The number of likely N-dealkylation sites (N-methyl/N-ethyl adjacent to an activating group) is 1. The highest BCUT2D eigenvalue weighted by Gasteiger charge is 2.16. The number of amides is 1. The van der Waals surface area contributed by atoms with Gasteiger partial charge >= 0.3 is 0 Å². The zero-order chi connectivity index (χ0) is 16.1. The third kappa shape index (κ3) is 3.33. The molecule has 1 aromatic heterocycles. The lowest BCUT2D eigenvalue weighted by Crippen LogP contribution is -2.35. The number of aromatic nitrogens is 2. The molecule has 1 atom stereocenters. The predicted octanol–water partition coefficient (Wildman–Crippen LogP) is 1.62. The molecule has 6 heteroatoms. The van der Waals surface area contributed by atoms with Crippen LogP contribution in [0, 0.1) is 0 Å². The van der Waals surface area contributed by atoms with Crippen molar-refractivity contribution in [3.63, 3.8) is 0 Å². The van der Waals surface area contributed by atoms with E-state index in [2.05, 4.69) is 10.4 Å². The van der Waals surface area contributed by atoms with Gasteiger partial charge in [-0.05, 0) is 44.2 Å². The molecule has 0 radical (unpaired) electrons. The molecule has 2 aromatic rings. The van der Waals surface area contributed by atoms with Gasteiger partial charge < -0.3 is 10.1 Å². The molecule has 0 bridgehead atoms. The maximum atomic E-state index is 11.9. The summed E-state index contributed by atoms with van der Waals surface area (Å²) in [5.41, 5.74) is 1.16. The fourth-order valence-corrected chi connectivity index (χ4v) is 2.07. The third-order valence-corrected chi connectivity index (χ3v) is 3.28. The van der Waals surface area contributed by atoms with Crippen LogP contribution in [0.5, 0.6) is 5.75 Å². The topological polar surface area (TPSA) is 73.2 Å². The van der Waals surface area contributed by atoms with Crippen LogP contribution in [0.4, 0.5) is 0 Å². The largest absolute Gasteiger partial charge is 0.494 e. The molecule has 1 aromatic carbocycles. The second kappa shape index (κ2) is 6.89. The molecule has 1 N–H and O–H groups in total. The average Bonchev–Trinajstić information content (AvgIpc) is 2.55. The summed E-state index contributed by atoms with van der Waals surface area (Å²) in [5, 5.41) is 6.81. The molecule has 6 nitrogen and oxygen atoms in total. The lowest BCUT2D eigenvalue weighted by Gasteiger charge is -2.13. The third-order valence-electron chi connectivity index (χ3n) is 3.28. The van der Waals surface area contributed by atoms with Crippen LogP contribution in [-0.4, -0.2) is 29.3 Å². The van der Waals surface area contributed by atoms with Crippen LogP contribution in [0.2, 0.25) is 0 Å². The van der Waals surface area contributed by atoms with Gasteiger partial charge in [0.2, 0.25) is 5.91 Å². The van der Waals surface area contributed by atoms with Crippen molar-refractivity contribution < 1.29 is 9.53 Å². The van der Waals surface area contributed by atoms with Gasteiger partial charge in [0.1, 0.15) is 11.8 Å².